The maximum Gasteiger partial charge on any atom is 0.221 e. The van der Waals surface area contributed by atoms with Crippen LogP contribution >= 0.6 is 22.7 Å². The second kappa shape index (κ2) is 9.85. The van der Waals surface area contributed by atoms with Gasteiger partial charge in [0, 0.05) is 27.0 Å². The van der Waals surface area contributed by atoms with Gasteiger partial charge in [-0.2, -0.15) is 0 Å². The largest absolute Gasteiger partial charge is 0.382 e. The summed E-state index contributed by atoms with van der Waals surface area (Å²) in [6, 6.07) is 28.1. The Kier molecular flexibility index (Phi) is 6.74. The van der Waals surface area contributed by atoms with E-state index in [9.17, 15) is 9.90 Å². The predicted octanol–water partition coefficient (Wildman–Crippen LogP) is 5.73. The highest BCUT2D eigenvalue weighted by atomic mass is 32.1. The summed E-state index contributed by atoms with van der Waals surface area (Å²) in [6.07, 6.45) is -0.204. The fourth-order valence-corrected chi connectivity index (χ4v) is 5.23. The van der Waals surface area contributed by atoms with Gasteiger partial charge in [-0.25, -0.2) is 0 Å². The lowest BCUT2D eigenvalue weighted by atomic mass is 9.88. The molecule has 0 aliphatic heterocycles. The van der Waals surface area contributed by atoms with Crippen LogP contribution in [0.2, 0.25) is 0 Å². The monoisotopic (exact) mass is 433 g/mol. The van der Waals surface area contributed by atoms with E-state index in [1.165, 1.54) is 11.3 Å². The first-order chi connectivity index (χ1) is 14.7. The summed E-state index contributed by atoms with van der Waals surface area (Å²) in [5.41, 5.74) is 2.27. The van der Waals surface area contributed by atoms with E-state index in [4.69, 9.17) is 0 Å². The third-order valence-corrected chi connectivity index (χ3v) is 7.08. The van der Waals surface area contributed by atoms with Gasteiger partial charge in [-0.05, 0) is 34.7 Å². The summed E-state index contributed by atoms with van der Waals surface area (Å²) in [6.45, 7) is 0.469. The van der Waals surface area contributed by atoms with Crippen LogP contribution in [-0.4, -0.2) is 11.0 Å². The van der Waals surface area contributed by atoms with Crippen molar-refractivity contribution < 1.29 is 9.90 Å². The normalized spacial score (nSPS) is 12.1. The Morgan fingerprint density at radius 1 is 0.833 bits per heavy atom. The van der Waals surface area contributed by atoms with Gasteiger partial charge in [-0.1, -0.05) is 66.7 Å². The van der Waals surface area contributed by atoms with Crippen LogP contribution < -0.4 is 5.32 Å². The molecular formula is C25H23NO2S2. The molecule has 2 aromatic heterocycles. The van der Waals surface area contributed by atoms with Gasteiger partial charge in [0.25, 0.3) is 0 Å². The molecule has 0 saturated heterocycles. The number of thiophene rings is 2. The summed E-state index contributed by atoms with van der Waals surface area (Å²) in [7, 11) is 0. The van der Waals surface area contributed by atoms with Gasteiger partial charge in [0.2, 0.25) is 5.91 Å². The molecule has 1 atom stereocenters. The van der Waals surface area contributed by atoms with Gasteiger partial charge in [0.05, 0.1) is 6.54 Å². The lowest BCUT2D eigenvalue weighted by Gasteiger charge is -2.17. The first-order valence-corrected chi connectivity index (χ1v) is 11.6. The molecule has 5 heteroatoms. The van der Waals surface area contributed by atoms with E-state index in [0.717, 1.165) is 25.8 Å². The second-order valence-corrected chi connectivity index (χ2v) is 9.26. The number of rotatable bonds is 8. The number of aliphatic hydroxyl groups excluding tert-OH is 1. The van der Waals surface area contributed by atoms with Crippen LogP contribution in [0.5, 0.6) is 0 Å². The number of hydrogen-bond donors (Lipinski definition) is 2. The molecule has 0 saturated carbocycles. The molecule has 2 N–H and O–H groups in total. The zero-order chi connectivity index (χ0) is 20.8. The molecule has 0 bridgehead atoms. The fraction of sp³-hybridized carbons (Fsp3) is 0.160. The van der Waals surface area contributed by atoms with E-state index in [0.29, 0.717) is 13.0 Å². The van der Waals surface area contributed by atoms with Gasteiger partial charge >= 0.3 is 0 Å². The number of nitrogens with one attached hydrogen (secondary N) is 1. The number of carbonyl (C=O) groups excluding carboxylic acids is 1. The minimum absolute atomic E-state index is 0.0152. The molecule has 2 heterocycles. The minimum Gasteiger partial charge on any atom is -0.382 e. The van der Waals surface area contributed by atoms with Crippen molar-refractivity contribution in [2.75, 3.05) is 0 Å². The zero-order valence-electron chi connectivity index (χ0n) is 16.4. The number of hydrogen-bond acceptors (Lipinski definition) is 4. The van der Waals surface area contributed by atoms with Crippen molar-refractivity contribution in [3.05, 3.63) is 116 Å². The topological polar surface area (TPSA) is 49.3 Å². The lowest BCUT2D eigenvalue weighted by molar-refractivity contribution is -0.121. The van der Waals surface area contributed by atoms with Crippen molar-refractivity contribution in [2.24, 2.45) is 0 Å². The van der Waals surface area contributed by atoms with Crippen molar-refractivity contribution in [3.63, 3.8) is 0 Å². The Bertz CT molecular complexity index is 1020. The molecule has 3 nitrogen and oxygen atoms in total. The van der Waals surface area contributed by atoms with Gasteiger partial charge in [0.15, 0.2) is 0 Å². The molecule has 152 valence electrons. The molecule has 0 aliphatic rings. The van der Waals surface area contributed by atoms with Crippen molar-refractivity contribution in [3.8, 4) is 0 Å². The van der Waals surface area contributed by atoms with Gasteiger partial charge in [0.1, 0.15) is 6.10 Å². The molecular weight excluding hydrogens is 410 g/mol. The summed E-state index contributed by atoms with van der Waals surface area (Å²) in [4.78, 5) is 15.6. The molecule has 30 heavy (non-hydrogen) atoms. The number of aliphatic hydroxyl groups is 1. The third kappa shape index (κ3) is 5.05. The van der Waals surface area contributed by atoms with E-state index in [2.05, 4.69) is 29.6 Å². The fourth-order valence-electron chi connectivity index (χ4n) is 3.47. The number of benzene rings is 2. The van der Waals surface area contributed by atoms with Crippen LogP contribution in [0.1, 0.15) is 44.2 Å². The molecule has 1 unspecified atom stereocenters. The van der Waals surface area contributed by atoms with Crippen molar-refractivity contribution >= 4 is 28.6 Å². The maximum absolute atomic E-state index is 12.7. The summed E-state index contributed by atoms with van der Waals surface area (Å²) < 4.78 is 0. The van der Waals surface area contributed by atoms with Crippen LogP contribution in [0.25, 0.3) is 0 Å². The Balaban J connectivity index is 1.40. The summed E-state index contributed by atoms with van der Waals surface area (Å²) >= 11 is 3.08. The number of carbonyl (C=O) groups is 1. The Morgan fingerprint density at radius 3 is 2.10 bits per heavy atom. The smallest absolute Gasteiger partial charge is 0.221 e. The molecule has 4 aromatic rings. The van der Waals surface area contributed by atoms with Crippen molar-refractivity contribution in [2.45, 2.75) is 25.0 Å². The van der Waals surface area contributed by atoms with Crippen LogP contribution in [0.4, 0.5) is 0 Å². The Labute approximate surface area is 184 Å². The van der Waals surface area contributed by atoms with E-state index < -0.39 is 6.10 Å². The molecule has 0 radical (unpaired) electrons. The molecule has 0 fully saturated rings. The minimum atomic E-state index is -0.597. The quantitative estimate of drug-likeness (QED) is 0.373. The van der Waals surface area contributed by atoms with Gasteiger partial charge in [-0.15, -0.1) is 22.7 Å². The first kappa shape index (κ1) is 20.5. The molecule has 0 aliphatic carbocycles. The highest BCUT2D eigenvalue weighted by Crippen LogP contribution is 2.31. The second-order valence-electron chi connectivity index (χ2n) is 7.08. The maximum atomic E-state index is 12.7. The molecule has 0 spiro atoms. The van der Waals surface area contributed by atoms with Crippen LogP contribution in [0.15, 0.2) is 90.3 Å². The van der Waals surface area contributed by atoms with E-state index in [1.807, 2.05) is 66.0 Å². The first-order valence-electron chi connectivity index (χ1n) is 9.87. The average molecular weight is 434 g/mol. The summed E-state index contributed by atoms with van der Waals surface area (Å²) in [5, 5.41) is 15.5. The molecule has 4 rings (SSSR count). The van der Waals surface area contributed by atoms with E-state index in [1.54, 1.807) is 11.3 Å². The average Bonchev–Trinajstić information content (AvgIpc) is 3.49. The SMILES string of the molecule is O=C(CC(c1ccccc1)c1ccccc1)NCc1ccc(C(O)c2cccs2)s1. The number of amides is 1. The van der Waals surface area contributed by atoms with Crippen molar-refractivity contribution in [1.82, 2.24) is 5.32 Å². The Morgan fingerprint density at radius 2 is 1.50 bits per heavy atom. The van der Waals surface area contributed by atoms with Crippen LogP contribution in [0.3, 0.4) is 0 Å². The standard InChI is InChI=1S/C25H23NO2S2/c27-24(16-21(18-8-3-1-4-9-18)19-10-5-2-6-11-19)26-17-20-13-14-23(30-20)25(28)22-12-7-15-29-22/h1-15,21,25,28H,16-17H2,(H,26,27). The predicted molar refractivity (Wildman–Crippen MR) is 124 cm³/mol. The van der Waals surface area contributed by atoms with Gasteiger partial charge in [-0.3, -0.25) is 4.79 Å². The van der Waals surface area contributed by atoms with E-state index >= 15 is 0 Å². The highest BCUT2D eigenvalue weighted by Gasteiger charge is 2.18. The van der Waals surface area contributed by atoms with Crippen LogP contribution in [-0.2, 0) is 11.3 Å². The van der Waals surface area contributed by atoms with Crippen LogP contribution in [0, 0.1) is 0 Å². The third-order valence-electron chi connectivity index (χ3n) is 5.02. The summed E-state index contributed by atoms with van der Waals surface area (Å²) in [5.74, 6) is 0.0356. The zero-order valence-corrected chi connectivity index (χ0v) is 18.0. The van der Waals surface area contributed by atoms with Crippen molar-refractivity contribution in [1.29, 1.82) is 0 Å². The van der Waals surface area contributed by atoms with Gasteiger partial charge < -0.3 is 10.4 Å². The molecule has 2 aromatic carbocycles. The Hall–Kier alpha value is -2.73. The molecule has 1 amide bonds. The highest BCUT2D eigenvalue weighted by molar-refractivity contribution is 7.12. The lowest BCUT2D eigenvalue weighted by Crippen LogP contribution is -2.24. The van der Waals surface area contributed by atoms with E-state index in [-0.39, 0.29) is 11.8 Å².